The number of hydrogen-bond donors (Lipinski definition) is 0. The lowest BCUT2D eigenvalue weighted by Crippen LogP contribution is -2.38. The molecule has 2 saturated carbocycles. The van der Waals surface area contributed by atoms with Gasteiger partial charge in [-0.25, -0.2) is 4.79 Å². The quantitative estimate of drug-likeness (QED) is 0.756. The van der Waals surface area contributed by atoms with E-state index in [1.165, 1.54) is 12.7 Å². The van der Waals surface area contributed by atoms with Crippen LogP contribution in [0.4, 0.5) is 0 Å². The molecule has 4 heteroatoms. The summed E-state index contributed by atoms with van der Waals surface area (Å²) in [5, 5.41) is 3.63. The van der Waals surface area contributed by atoms with Crippen molar-refractivity contribution in [3.63, 3.8) is 0 Å². The molecule has 0 aliphatic heterocycles. The van der Waals surface area contributed by atoms with Crippen molar-refractivity contribution in [3.8, 4) is 0 Å². The molecule has 2 fully saturated rings. The molecule has 0 aromatic carbocycles. The van der Waals surface area contributed by atoms with E-state index in [9.17, 15) is 4.79 Å². The summed E-state index contributed by atoms with van der Waals surface area (Å²) >= 11 is 0. The number of hydrogen-bond acceptors (Lipinski definition) is 4. The van der Waals surface area contributed by atoms with Crippen molar-refractivity contribution in [1.29, 1.82) is 0 Å². The molecule has 0 saturated heterocycles. The lowest BCUT2D eigenvalue weighted by Gasteiger charge is -2.38. The molecule has 0 amide bonds. The van der Waals surface area contributed by atoms with E-state index in [2.05, 4.69) is 30.5 Å². The molecule has 98 valence electrons. The molecule has 1 aromatic heterocycles. The van der Waals surface area contributed by atoms with Crippen molar-refractivity contribution >= 4 is 5.97 Å². The van der Waals surface area contributed by atoms with Crippen molar-refractivity contribution in [3.05, 3.63) is 18.0 Å². The van der Waals surface area contributed by atoms with Gasteiger partial charge in [-0.3, -0.25) is 0 Å². The van der Waals surface area contributed by atoms with Gasteiger partial charge in [0.05, 0.1) is 0 Å². The van der Waals surface area contributed by atoms with Gasteiger partial charge in [0.15, 0.2) is 5.69 Å². The average Bonchev–Trinajstić information content (AvgIpc) is 2.95. The Morgan fingerprint density at radius 1 is 1.50 bits per heavy atom. The maximum atomic E-state index is 11.9. The molecule has 0 spiro atoms. The van der Waals surface area contributed by atoms with Crippen molar-refractivity contribution in [2.75, 3.05) is 0 Å². The zero-order valence-electron chi connectivity index (χ0n) is 11.1. The molecule has 0 radical (unpaired) electrons. The van der Waals surface area contributed by atoms with Gasteiger partial charge in [-0.05, 0) is 30.6 Å². The van der Waals surface area contributed by atoms with E-state index in [0.717, 1.165) is 12.8 Å². The van der Waals surface area contributed by atoms with Crippen LogP contribution in [-0.4, -0.2) is 17.2 Å². The lowest BCUT2D eigenvalue weighted by molar-refractivity contribution is -0.0249. The van der Waals surface area contributed by atoms with Crippen molar-refractivity contribution in [2.45, 2.75) is 46.1 Å². The van der Waals surface area contributed by atoms with Crippen LogP contribution in [0.15, 0.2) is 16.9 Å². The zero-order chi connectivity index (χ0) is 13.0. The van der Waals surface area contributed by atoms with E-state index >= 15 is 0 Å². The minimum atomic E-state index is -0.363. The molecular weight excluding hydrogens is 230 g/mol. The predicted molar refractivity (Wildman–Crippen MR) is 64.9 cm³/mol. The molecule has 3 unspecified atom stereocenters. The average molecular weight is 249 g/mol. The van der Waals surface area contributed by atoms with Crippen LogP contribution in [0.5, 0.6) is 0 Å². The van der Waals surface area contributed by atoms with Crippen LogP contribution >= 0.6 is 0 Å². The molecule has 4 nitrogen and oxygen atoms in total. The van der Waals surface area contributed by atoms with E-state index in [0.29, 0.717) is 5.92 Å². The van der Waals surface area contributed by atoms with Crippen LogP contribution in [0.3, 0.4) is 0 Å². The summed E-state index contributed by atoms with van der Waals surface area (Å²) in [6.45, 7) is 6.85. The van der Waals surface area contributed by atoms with Crippen LogP contribution in [0.1, 0.15) is 50.5 Å². The van der Waals surface area contributed by atoms with E-state index in [4.69, 9.17) is 4.74 Å². The van der Waals surface area contributed by atoms with Gasteiger partial charge < -0.3 is 9.26 Å². The number of aromatic nitrogens is 1. The third-order valence-corrected chi connectivity index (χ3v) is 5.61. The van der Waals surface area contributed by atoms with E-state index in [1.807, 2.05) is 0 Å². The first-order valence-electron chi connectivity index (χ1n) is 6.56. The lowest BCUT2D eigenvalue weighted by atomic mass is 9.70. The highest BCUT2D eigenvalue weighted by atomic mass is 16.5. The number of esters is 1. The Labute approximate surface area is 107 Å². The Balaban J connectivity index is 1.78. The zero-order valence-corrected chi connectivity index (χ0v) is 11.1. The fraction of sp³-hybridized carbons (Fsp3) is 0.714. The molecule has 3 atom stereocenters. The monoisotopic (exact) mass is 249 g/mol. The molecule has 1 heterocycles. The second-order valence-corrected chi connectivity index (χ2v) is 6.39. The van der Waals surface area contributed by atoms with Gasteiger partial charge in [0, 0.05) is 11.5 Å². The highest BCUT2D eigenvalue weighted by Gasteiger charge is 2.62. The Morgan fingerprint density at radius 3 is 2.78 bits per heavy atom. The number of ether oxygens (including phenoxy) is 1. The van der Waals surface area contributed by atoms with E-state index in [1.54, 1.807) is 6.07 Å². The molecule has 18 heavy (non-hydrogen) atoms. The fourth-order valence-corrected chi connectivity index (χ4v) is 3.82. The standard InChI is InChI=1S/C14H19NO3/c1-13(2)9-4-6-14(13,3)11(8-9)18-12(16)10-5-7-17-15-10/h5,7,9,11H,4,6,8H2,1-3H3. The van der Waals surface area contributed by atoms with Gasteiger partial charge >= 0.3 is 5.97 Å². The Hall–Kier alpha value is -1.32. The number of nitrogens with zero attached hydrogens (tertiary/aromatic N) is 1. The Morgan fingerprint density at radius 2 is 2.28 bits per heavy atom. The first-order valence-corrected chi connectivity index (χ1v) is 6.56. The molecule has 3 rings (SSSR count). The third-order valence-electron chi connectivity index (χ3n) is 5.61. The second-order valence-electron chi connectivity index (χ2n) is 6.39. The molecule has 1 aromatic rings. The second kappa shape index (κ2) is 3.59. The number of rotatable bonds is 2. The number of carbonyl (C=O) groups is 1. The fourth-order valence-electron chi connectivity index (χ4n) is 3.82. The summed E-state index contributed by atoms with van der Waals surface area (Å²) in [6.07, 6.45) is 4.77. The van der Waals surface area contributed by atoms with Crippen LogP contribution in [0.25, 0.3) is 0 Å². The van der Waals surface area contributed by atoms with Crippen LogP contribution in [0, 0.1) is 16.7 Å². The van der Waals surface area contributed by atoms with Gasteiger partial charge in [-0.1, -0.05) is 25.9 Å². The topological polar surface area (TPSA) is 52.3 Å². The van der Waals surface area contributed by atoms with Crippen molar-refractivity contribution in [2.24, 2.45) is 16.7 Å². The predicted octanol–water partition coefficient (Wildman–Crippen LogP) is 3.05. The molecular formula is C14H19NO3. The van der Waals surface area contributed by atoms with Gasteiger partial charge in [0.1, 0.15) is 12.4 Å². The SMILES string of the molecule is CC1(C)C2CCC1(C)C(OC(=O)c1ccon1)C2. The summed E-state index contributed by atoms with van der Waals surface area (Å²) in [7, 11) is 0. The van der Waals surface area contributed by atoms with E-state index in [-0.39, 0.29) is 28.6 Å². The smallest absolute Gasteiger partial charge is 0.360 e. The maximum Gasteiger partial charge on any atom is 0.360 e. The first-order chi connectivity index (χ1) is 8.45. The summed E-state index contributed by atoms with van der Waals surface area (Å²) < 4.78 is 10.3. The van der Waals surface area contributed by atoms with Crippen molar-refractivity contribution < 1.29 is 14.1 Å². The van der Waals surface area contributed by atoms with Gasteiger partial charge in [0.2, 0.25) is 0 Å². The van der Waals surface area contributed by atoms with Crippen molar-refractivity contribution in [1.82, 2.24) is 5.16 Å². The van der Waals surface area contributed by atoms with Crippen LogP contribution < -0.4 is 0 Å². The summed E-state index contributed by atoms with van der Waals surface area (Å²) in [5.74, 6) is 0.302. The first kappa shape index (κ1) is 11.8. The molecule has 2 aliphatic carbocycles. The molecule has 0 N–H and O–H groups in total. The minimum absolute atomic E-state index is 0.00968. The van der Waals surface area contributed by atoms with E-state index < -0.39 is 0 Å². The maximum absolute atomic E-state index is 11.9. The summed E-state index contributed by atoms with van der Waals surface area (Å²) in [6, 6.07) is 1.54. The largest absolute Gasteiger partial charge is 0.457 e. The number of fused-ring (bicyclic) bond motifs is 2. The van der Waals surface area contributed by atoms with Gasteiger partial charge in [-0.2, -0.15) is 0 Å². The number of carbonyl (C=O) groups excluding carboxylic acids is 1. The minimum Gasteiger partial charge on any atom is -0.457 e. The van der Waals surface area contributed by atoms with Crippen LogP contribution in [-0.2, 0) is 4.74 Å². The Bertz CT molecular complexity index is 465. The van der Waals surface area contributed by atoms with Gasteiger partial charge in [0.25, 0.3) is 0 Å². The highest BCUT2D eigenvalue weighted by molar-refractivity contribution is 5.87. The summed E-state index contributed by atoms with van der Waals surface area (Å²) in [4.78, 5) is 11.9. The molecule has 2 aliphatic rings. The Kier molecular flexibility index (Phi) is 2.34. The third kappa shape index (κ3) is 1.38. The highest BCUT2D eigenvalue weighted by Crippen LogP contribution is 2.66. The van der Waals surface area contributed by atoms with Gasteiger partial charge in [-0.15, -0.1) is 0 Å². The molecule has 2 bridgehead atoms. The van der Waals surface area contributed by atoms with Crippen LogP contribution in [0.2, 0.25) is 0 Å². The summed E-state index contributed by atoms with van der Waals surface area (Å²) in [5.41, 5.74) is 0.609. The normalized spacial score (nSPS) is 36.8.